The lowest BCUT2D eigenvalue weighted by atomic mass is 10.1. The third kappa shape index (κ3) is 3.72. The number of methoxy groups -OCH3 is 1. The average molecular weight is 339 g/mol. The third-order valence-corrected chi connectivity index (χ3v) is 4.16. The number of benzene rings is 2. The van der Waals surface area contributed by atoms with Crippen LogP contribution >= 0.6 is 11.3 Å². The van der Waals surface area contributed by atoms with Crippen LogP contribution in [0.4, 0.5) is 16.2 Å². The summed E-state index contributed by atoms with van der Waals surface area (Å²) in [6.07, 6.45) is 0. The lowest BCUT2D eigenvalue weighted by Crippen LogP contribution is -2.19. The molecule has 0 saturated heterocycles. The van der Waals surface area contributed by atoms with Crippen molar-refractivity contribution >= 4 is 28.7 Å². The SMILES string of the molecule is COc1ccccc1NC(=O)Nc1cccc(-c2csc(C)n2)c1. The highest BCUT2D eigenvalue weighted by molar-refractivity contribution is 7.09. The molecule has 2 amide bonds. The first-order valence-electron chi connectivity index (χ1n) is 7.39. The van der Waals surface area contributed by atoms with Crippen LogP contribution in [0.3, 0.4) is 0 Å². The molecule has 0 unspecified atom stereocenters. The number of thiazole rings is 1. The minimum atomic E-state index is -0.328. The van der Waals surface area contributed by atoms with Crippen LogP contribution in [-0.2, 0) is 0 Å². The molecule has 24 heavy (non-hydrogen) atoms. The van der Waals surface area contributed by atoms with Gasteiger partial charge in [0.05, 0.1) is 23.5 Å². The van der Waals surface area contributed by atoms with Gasteiger partial charge in [0.2, 0.25) is 0 Å². The lowest BCUT2D eigenvalue weighted by Gasteiger charge is -2.11. The topological polar surface area (TPSA) is 63.2 Å². The van der Waals surface area contributed by atoms with Gasteiger partial charge in [-0.15, -0.1) is 11.3 Å². The molecule has 0 aliphatic heterocycles. The largest absolute Gasteiger partial charge is 0.495 e. The van der Waals surface area contributed by atoms with Gasteiger partial charge in [0.1, 0.15) is 5.75 Å². The highest BCUT2D eigenvalue weighted by Crippen LogP contribution is 2.25. The zero-order valence-corrected chi connectivity index (χ0v) is 14.2. The van der Waals surface area contributed by atoms with Gasteiger partial charge in [-0.1, -0.05) is 24.3 Å². The minimum absolute atomic E-state index is 0.328. The molecule has 122 valence electrons. The molecule has 2 aromatic carbocycles. The number of aryl methyl sites for hydroxylation is 1. The van der Waals surface area contributed by atoms with E-state index in [-0.39, 0.29) is 6.03 Å². The van der Waals surface area contributed by atoms with E-state index in [1.807, 2.05) is 48.7 Å². The van der Waals surface area contributed by atoms with Gasteiger partial charge in [-0.25, -0.2) is 9.78 Å². The van der Waals surface area contributed by atoms with Crippen molar-refractivity contribution in [3.63, 3.8) is 0 Å². The number of hydrogen-bond acceptors (Lipinski definition) is 4. The molecule has 3 rings (SSSR count). The fraction of sp³-hybridized carbons (Fsp3) is 0.111. The van der Waals surface area contributed by atoms with Crippen LogP contribution < -0.4 is 15.4 Å². The van der Waals surface area contributed by atoms with Crippen molar-refractivity contribution < 1.29 is 9.53 Å². The normalized spacial score (nSPS) is 10.2. The van der Waals surface area contributed by atoms with Gasteiger partial charge in [-0.05, 0) is 31.2 Å². The van der Waals surface area contributed by atoms with Crippen molar-refractivity contribution in [3.05, 3.63) is 58.9 Å². The van der Waals surface area contributed by atoms with Crippen molar-refractivity contribution in [2.24, 2.45) is 0 Å². The molecule has 0 radical (unpaired) electrons. The molecular weight excluding hydrogens is 322 g/mol. The van der Waals surface area contributed by atoms with Crippen molar-refractivity contribution in [3.8, 4) is 17.0 Å². The van der Waals surface area contributed by atoms with E-state index in [4.69, 9.17) is 4.74 Å². The molecule has 2 N–H and O–H groups in total. The number of anilines is 2. The first-order valence-corrected chi connectivity index (χ1v) is 8.27. The number of para-hydroxylation sites is 2. The summed E-state index contributed by atoms with van der Waals surface area (Å²) in [6.45, 7) is 1.97. The van der Waals surface area contributed by atoms with Gasteiger partial charge in [0.25, 0.3) is 0 Å². The van der Waals surface area contributed by atoms with Crippen LogP contribution in [-0.4, -0.2) is 18.1 Å². The van der Waals surface area contributed by atoms with Crippen LogP contribution in [0.5, 0.6) is 5.75 Å². The van der Waals surface area contributed by atoms with Crippen LogP contribution in [0.1, 0.15) is 5.01 Å². The molecule has 0 aliphatic rings. The Morgan fingerprint density at radius 2 is 1.96 bits per heavy atom. The maximum Gasteiger partial charge on any atom is 0.323 e. The number of ether oxygens (including phenoxy) is 1. The monoisotopic (exact) mass is 339 g/mol. The Labute approximate surface area is 144 Å². The van der Waals surface area contributed by atoms with Crippen molar-refractivity contribution in [1.29, 1.82) is 0 Å². The Kier molecular flexibility index (Phi) is 4.77. The van der Waals surface area contributed by atoms with Crippen molar-refractivity contribution in [2.45, 2.75) is 6.92 Å². The Balaban J connectivity index is 1.73. The van der Waals surface area contributed by atoms with E-state index in [0.717, 1.165) is 16.3 Å². The van der Waals surface area contributed by atoms with Crippen LogP contribution in [0.15, 0.2) is 53.9 Å². The molecule has 3 aromatic rings. The van der Waals surface area contributed by atoms with Crippen molar-refractivity contribution in [2.75, 3.05) is 17.7 Å². The fourth-order valence-electron chi connectivity index (χ4n) is 2.28. The van der Waals surface area contributed by atoms with Crippen molar-refractivity contribution in [1.82, 2.24) is 4.98 Å². The number of nitrogens with zero attached hydrogens (tertiary/aromatic N) is 1. The second kappa shape index (κ2) is 7.14. The van der Waals surface area contributed by atoms with Gasteiger partial charge in [0.15, 0.2) is 0 Å². The molecule has 6 heteroatoms. The number of amides is 2. The smallest absolute Gasteiger partial charge is 0.323 e. The van der Waals surface area contributed by atoms with E-state index in [0.29, 0.717) is 17.1 Å². The van der Waals surface area contributed by atoms with Crippen LogP contribution in [0.25, 0.3) is 11.3 Å². The second-order valence-electron chi connectivity index (χ2n) is 5.11. The van der Waals surface area contributed by atoms with E-state index < -0.39 is 0 Å². The summed E-state index contributed by atoms with van der Waals surface area (Å²) >= 11 is 1.60. The Morgan fingerprint density at radius 1 is 1.12 bits per heavy atom. The zero-order chi connectivity index (χ0) is 16.9. The van der Waals surface area contributed by atoms with Gasteiger partial charge >= 0.3 is 6.03 Å². The van der Waals surface area contributed by atoms with E-state index in [1.165, 1.54) is 0 Å². The van der Waals surface area contributed by atoms with Gasteiger partial charge in [0, 0.05) is 16.6 Å². The average Bonchev–Trinajstić information content (AvgIpc) is 3.02. The molecule has 1 heterocycles. The summed E-state index contributed by atoms with van der Waals surface area (Å²) in [4.78, 5) is 16.7. The molecule has 0 bridgehead atoms. The minimum Gasteiger partial charge on any atom is -0.495 e. The first kappa shape index (κ1) is 16.0. The van der Waals surface area contributed by atoms with Crippen LogP contribution in [0, 0.1) is 6.92 Å². The fourth-order valence-corrected chi connectivity index (χ4v) is 2.91. The van der Waals surface area contributed by atoms with E-state index in [9.17, 15) is 4.79 Å². The summed E-state index contributed by atoms with van der Waals surface area (Å²) in [5.41, 5.74) is 3.19. The number of rotatable bonds is 4. The van der Waals surface area contributed by atoms with E-state index in [1.54, 1.807) is 30.6 Å². The number of nitrogens with one attached hydrogen (secondary N) is 2. The molecule has 0 spiro atoms. The highest BCUT2D eigenvalue weighted by Gasteiger charge is 2.08. The molecule has 0 aliphatic carbocycles. The predicted molar refractivity (Wildman–Crippen MR) is 97.9 cm³/mol. The third-order valence-electron chi connectivity index (χ3n) is 3.39. The molecule has 5 nitrogen and oxygen atoms in total. The lowest BCUT2D eigenvalue weighted by molar-refractivity contribution is 0.262. The first-order chi connectivity index (χ1) is 11.7. The summed E-state index contributed by atoms with van der Waals surface area (Å²) < 4.78 is 5.23. The summed E-state index contributed by atoms with van der Waals surface area (Å²) in [6, 6.07) is 14.5. The Bertz CT molecular complexity index is 861. The molecular formula is C18H17N3O2S. The summed E-state index contributed by atoms with van der Waals surface area (Å²) in [5.74, 6) is 0.611. The standard InChI is InChI=1S/C18H17N3O2S/c1-12-19-16(11-24-12)13-6-5-7-14(10-13)20-18(22)21-15-8-3-4-9-17(15)23-2/h3-11H,1-2H3,(H2,20,21,22). The number of carbonyl (C=O) groups excluding carboxylic acids is 1. The van der Waals surface area contributed by atoms with Gasteiger partial charge in [-0.3, -0.25) is 0 Å². The molecule has 0 atom stereocenters. The number of hydrogen-bond donors (Lipinski definition) is 2. The quantitative estimate of drug-likeness (QED) is 0.719. The number of carbonyl (C=O) groups is 1. The van der Waals surface area contributed by atoms with E-state index in [2.05, 4.69) is 15.6 Å². The number of urea groups is 1. The Morgan fingerprint density at radius 3 is 2.71 bits per heavy atom. The number of aromatic nitrogens is 1. The molecule has 0 saturated carbocycles. The van der Waals surface area contributed by atoms with E-state index >= 15 is 0 Å². The summed E-state index contributed by atoms with van der Waals surface area (Å²) in [5, 5.41) is 8.63. The zero-order valence-electron chi connectivity index (χ0n) is 13.4. The molecule has 1 aromatic heterocycles. The highest BCUT2D eigenvalue weighted by atomic mass is 32.1. The van der Waals surface area contributed by atoms with Gasteiger partial charge < -0.3 is 15.4 Å². The van der Waals surface area contributed by atoms with Gasteiger partial charge in [-0.2, -0.15) is 0 Å². The Hall–Kier alpha value is -2.86. The predicted octanol–water partition coefficient (Wildman–Crippen LogP) is 4.77. The summed E-state index contributed by atoms with van der Waals surface area (Å²) in [7, 11) is 1.57. The maximum atomic E-state index is 12.2. The van der Waals surface area contributed by atoms with Crippen LogP contribution in [0.2, 0.25) is 0 Å². The maximum absolute atomic E-state index is 12.2. The molecule has 0 fully saturated rings. The second-order valence-corrected chi connectivity index (χ2v) is 6.17.